The zero-order chi connectivity index (χ0) is 18.4. The van der Waals surface area contributed by atoms with Crippen LogP contribution in [0.3, 0.4) is 0 Å². The van der Waals surface area contributed by atoms with Crippen molar-refractivity contribution in [2.24, 2.45) is 0 Å². The lowest BCUT2D eigenvalue weighted by atomic mass is 10.1. The highest BCUT2D eigenvalue weighted by Gasteiger charge is 2.19. The van der Waals surface area contributed by atoms with Crippen LogP contribution in [-0.2, 0) is 11.3 Å². The van der Waals surface area contributed by atoms with Crippen LogP contribution in [0, 0.1) is 5.82 Å². The molecule has 2 aromatic carbocycles. The van der Waals surface area contributed by atoms with E-state index in [9.17, 15) is 9.18 Å². The first-order chi connectivity index (χ1) is 12.7. The molecule has 0 aliphatic heterocycles. The second-order valence-electron chi connectivity index (χ2n) is 5.93. The Morgan fingerprint density at radius 2 is 1.88 bits per heavy atom. The molecule has 0 N–H and O–H groups in total. The van der Waals surface area contributed by atoms with Crippen molar-refractivity contribution in [3.05, 3.63) is 71.8 Å². The second kappa shape index (κ2) is 8.49. The van der Waals surface area contributed by atoms with Crippen molar-refractivity contribution >= 4 is 16.9 Å². The summed E-state index contributed by atoms with van der Waals surface area (Å²) in [6.45, 7) is 1.47. The Labute approximate surface area is 151 Å². The van der Waals surface area contributed by atoms with Gasteiger partial charge in [-0.3, -0.25) is 14.8 Å². The van der Waals surface area contributed by atoms with Crippen molar-refractivity contribution in [1.82, 2.24) is 14.9 Å². The third-order valence-corrected chi connectivity index (χ3v) is 4.08. The molecule has 0 radical (unpaired) electrons. The minimum Gasteiger partial charge on any atom is -0.385 e. The maximum atomic E-state index is 13.2. The van der Waals surface area contributed by atoms with Crippen LogP contribution < -0.4 is 0 Å². The number of methoxy groups -OCH3 is 1. The van der Waals surface area contributed by atoms with E-state index in [0.29, 0.717) is 42.7 Å². The standard InChI is InChI=1S/C20H20FN3O2/c1-26-13-3-12-24(14-15-6-8-16(21)9-7-15)20(25)17-4-2-5-18-19(17)23-11-10-22-18/h2,4-11H,3,12-14H2,1H3. The van der Waals surface area contributed by atoms with E-state index in [1.807, 2.05) is 6.07 Å². The predicted molar refractivity (Wildman–Crippen MR) is 97.2 cm³/mol. The number of aromatic nitrogens is 2. The first-order valence-corrected chi connectivity index (χ1v) is 8.41. The quantitative estimate of drug-likeness (QED) is 0.611. The molecule has 6 heteroatoms. The Morgan fingerprint density at radius 3 is 2.65 bits per heavy atom. The van der Waals surface area contributed by atoms with E-state index >= 15 is 0 Å². The van der Waals surface area contributed by atoms with Crippen LogP contribution in [0.25, 0.3) is 11.0 Å². The molecule has 26 heavy (non-hydrogen) atoms. The fourth-order valence-corrected chi connectivity index (χ4v) is 2.80. The molecule has 1 heterocycles. The topological polar surface area (TPSA) is 55.3 Å². The molecule has 3 rings (SSSR count). The predicted octanol–water partition coefficient (Wildman–Crippen LogP) is 3.45. The molecular formula is C20H20FN3O2. The van der Waals surface area contributed by atoms with Gasteiger partial charge >= 0.3 is 0 Å². The summed E-state index contributed by atoms with van der Waals surface area (Å²) in [6.07, 6.45) is 3.89. The third-order valence-electron chi connectivity index (χ3n) is 4.08. The summed E-state index contributed by atoms with van der Waals surface area (Å²) in [4.78, 5) is 23.5. The number of amides is 1. The van der Waals surface area contributed by atoms with E-state index in [2.05, 4.69) is 9.97 Å². The monoisotopic (exact) mass is 353 g/mol. The van der Waals surface area contributed by atoms with Crippen LogP contribution in [0.2, 0.25) is 0 Å². The molecule has 5 nitrogen and oxygen atoms in total. The van der Waals surface area contributed by atoms with Crippen molar-refractivity contribution in [3.63, 3.8) is 0 Å². The van der Waals surface area contributed by atoms with Gasteiger partial charge in [0.25, 0.3) is 5.91 Å². The summed E-state index contributed by atoms with van der Waals surface area (Å²) in [5.74, 6) is -0.424. The van der Waals surface area contributed by atoms with Crippen molar-refractivity contribution in [2.45, 2.75) is 13.0 Å². The minimum atomic E-state index is -0.296. The van der Waals surface area contributed by atoms with Crippen molar-refractivity contribution in [1.29, 1.82) is 0 Å². The summed E-state index contributed by atoms with van der Waals surface area (Å²) in [5.41, 5.74) is 2.63. The van der Waals surface area contributed by atoms with Gasteiger partial charge in [0, 0.05) is 39.2 Å². The van der Waals surface area contributed by atoms with Gasteiger partial charge in [-0.1, -0.05) is 18.2 Å². The van der Waals surface area contributed by atoms with Crippen LogP contribution >= 0.6 is 0 Å². The third kappa shape index (κ3) is 4.21. The van der Waals surface area contributed by atoms with Crippen LogP contribution in [0.15, 0.2) is 54.9 Å². The lowest BCUT2D eigenvalue weighted by molar-refractivity contribution is 0.0725. The van der Waals surface area contributed by atoms with Gasteiger partial charge in [-0.25, -0.2) is 4.39 Å². The van der Waals surface area contributed by atoms with Crippen LogP contribution in [0.1, 0.15) is 22.3 Å². The molecule has 0 unspecified atom stereocenters. The first-order valence-electron chi connectivity index (χ1n) is 8.41. The Balaban J connectivity index is 1.89. The Bertz CT molecular complexity index is 878. The van der Waals surface area contributed by atoms with E-state index in [0.717, 1.165) is 5.56 Å². The van der Waals surface area contributed by atoms with E-state index in [1.54, 1.807) is 48.7 Å². The fourth-order valence-electron chi connectivity index (χ4n) is 2.80. The number of fused-ring (bicyclic) bond motifs is 1. The number of carbonyl (C=O) groups is 1. The Morgan fingerprint density at radius 1 is 1.12 bits per heavy atom. The van der Waals surface area contributed by atoms with Crippen molar-refractivity contribution in [2.75, 3.05) is 20.3 Å². The van der Waals surface area contributed by atoms with Crippen LogP contribution in [-0.4, -0.2) is 41.0 Å². The average molecular weight is 353 g/mol. The SMILES string of the molecule is COCCCN(Cc1ccc(F)cc1)C(=O)c1cccc2nccnc12. The van der Waals surface area contributed by atoms with Gasteiger partial charge < -0.3 is 9.64 Å². The normalized spacial score (nSPS) is 10.8. The van der Waals surface area contributed by atoms with Crippen LogP contribution in [0.4, 0.5) is 4.39 Å². The van der Waals surface area contributed by atoms with E-state index < -0.39 is 0 Å². The second-order valence-corrected chi connectivity index (χ2v) is 5.93. The summed E-state index contributed by atoms with van der Waals surface area (Å²) in [7, 11) is 1.63. The number of halogens is 1. The zero-order valence-corrected chi connectivity index (χ0v) is 14.6. The number of benzene rings is 2. The van der Waals surface area contributed by atoms with E-state index in [-0.39, 0.29) is 11.7 Å². The summed E-state index contributed by atoms with van der Waals surface area (Å²) in [6, 6.07) is 11.6. The minimum absolute atomic E-state index is 0.128. The highest BCUT2D eigenvalue weighted by molar-refractivity contribution is 6.04. The maximum absolute atomic E-state index is 13.2. The maximum Gasteiger partial charge on any atom is 0.256 e. The lowest BCUT2D eigenvalue weighted by Crippen LogP contribution is -2.32. The summed E-state index contributed by atoms with van der Waals surface area (Å²) < 4.78 is 18.3. The molecule has 0 bridgehead atoms. The summed E-state index contributed by atoms with van der Waals surface area (Å²) in [5, 5.41) is 0. The fraction of sp³-hybridized carbons (Fsp3) is 0.250. The number of hydrogen-bond donors (Lipinski definition) is 0. The number of ether oxygens (including phenoxy) is 1. The van der Waals surface area contributed by atoms with Crippen molar-refractivity contribution < 1.29 is 13.9 Å². The molecule has 0 spiro atoms. The van der Waals surface area contributed by atoms with Gasteiger partial charge in [-0.15, -0.1) is 0 Å². The van der Waals surface area contributed by atoms with Gasteiger partial charge in [0.15, 0.2) is 0 Å². The number of para-hydroxylation sites is 1. The molecule has 0 fully saturated rings. The van der Waals surface area contributed by atoms with Gasteiger partial charge in [0.05, 0.1) is 11.1 Å². The molecule has 0 saturated carbocycles. The van der Waals surface area contributed by atoms with Gasteiger partial charge in [-0.2, -0.15) is 0 Å². The number of hydrogen-bond acceptors (Lipinski definition) is 4. The zero-order valence-electron chi connectivity index (χ0n) is 14.6. The smallest absolute Gasteiger partial charge is 0.256 e. The number of nitrogens with zero attached hydrogens (tertiary/aromatic N) is 3. The lowest BCUT2D eigenvalue weighted by Gasteiger charge is -2.23. The molecule has 1 aromatic heterocycles. The van der Waals surface area contributed by atoms with Gasteiger partial charge in [-0.05, 0) is 36.2 Å². The first kappa shape index (κ1) is 17.9. The average Bonchev–Trinajstić information content (AvgIpc) is 2.68. The number of rotatable bonds is 7. The molecule has 0 aliphatic rings. The highest BCUT2D eigenvalue weighted by atomic mass is 19.1. The molecular weight excluding hydrogens is 333 g/mol. The largest absolute Gasteiger partial charge is 0.385 e. The van der Waals surface area contributed by atoms with E-state index in [1.165, 1.54) is 12.1 Å². The molecule has 134 valence electrons. The van der Waals surface area contributed by atoms with Gasteiger partial charge in [0.1, 0.15) is 11.3 Å². The molecule has 0 atom stereocenters. The Kier molecular flexibility index (Phi) is 5.86. The van der Waals surface area contributed by atoms with E-state index in [4.69, 9.17) is 4.74 Å². The molecule has 1 amide bonds. The number of carbonyl (C=O) groups excluding carboxylic acids is 1. The molecule has 0 aliphatic carbocycles. The molecule has 3 aromatic rings. The van der Waals surface area contributed by atoms with Gasteiger partial charge in [0.2, 0.25) is 0 Å². The van der Waals surface area contributed by atoms with Crippen LogP contribution in [0.5, 0.6) is 0 Å². The summed E-state index contributed by atoms with van der Waals surface area (Å²) >= 11 is 0. The molecule has 0 saturated heterocycles. The Hall–Kier alpha value is -2.86. The highest BCUT2D eigenvalue weighted by Crippen LogP contribution is 2.18. The van der Waals surface area contributed by atoms with Crippen molar-refractivity contribution in [3.8, 4) is 0 Å².